The van der Waals surface area contributed by atoms with Crippen molar-refractivity contribution < 1.29 is 9.26 Å². The minimum absolute atomic E-state index is 0.353. The molecule has 2 aromatic heterocycles. The molecule has 20 heavy (non-hydrogen) atoms. The Hall–Kier alpha value is -2.50. The van der Waals surface area contributed by atoms with Crippen molar-refractivity contribution in [1.82, 2.24) is 14.9 Å². The maximum Gasteiger partial charge on any atom is 0.178 e. The van der Waals surface area contributed by atoms with E-state index in [1.54, 1.807) is 7.11 Å². The fourth-order valence-electron chi connectivity index (χ4n) is 2.25. The Kier molecular flexibility index (Phi) is 3.06. The second kappa shape index (κ2) is 4.88. The summed E-state index contributed by atoms with van der Waals surface area (Å²) in [5, 5.41) is 8.86. The third-order valence-electron chi connectivity index (χ3n) is 3.25. The second-order valence-electron chi connectivity index (χ2n) is 4.71. The smallest absolute Gasteiger partial charge is 0.178 e. The molecule has 0 atom stereocenters. The number of rotatable bonds is 4. The molecule has 0 unspecified atom stereocenters. The fraction of sp³-hybridized carbons (Fsp3) is 0.286. The van der Waals surface area contributed by atoms with E-state index in [1.807, 2.05) is 36.0 Å². The molecular formula is C14H16N4O2. The van der Waals surface area contributed by atoms with Crippen molar-refractivity contribution in [2.24, 2.45) is 0 Å². The van der Waals surface area contributed by atoms with Gasteiger partial charge in [0.15, 0.2) is 11.4 Å². The molecule has 0 fully saturated rings. The number of ether oxygens (including phenoxy) is 1. The molecule has 0 spiro atoms. The summed E-state index contributed by atoms with van der Waals surface area (Å²) in [6.07, 6.45) is 2.80. The summed E-state index contributed by atoms with van der Waals surface area (Å²) < 4.78 is 12.5. The fourth-order valence-corrected chi connectivity index (χ4v) is 2.25. The van der Waals surface area contributed by atoms with Crippen molar-refractivity contribution in [1.29, 1.82) is 0 Å². The zero-order valence-electron chi connectivity index (χ0n) is 11.5. The Morgan fingerprint density at radius 2 is 2.25 bits per heavy atom. The maximum absolute atomic E-state index is 5.77. The Morgan fingerprint density at radius 3 is 2.95 bits per heavy atom. The first kappa shape index (κ1) is 12.5. The molecule has 0 radical (unpaired) electrons. The number of benzene rings is 1. The minimum Gasteiger partial charge on any atom is -0.496 e. The van der Waals surface area contributed by atoms with E-state index in [0.717, 1.165) is 29.6 Å². The third-order valence-corrected chi connectivity index (χ3v) is 3.25. The molecule has 6 heteroatoms. The molecule has 2 N–H and O–H groups in total. The number of anilines is 1. The molecule has 104 valence electrons. The average molecular weight is 272 g/mol. The Bertz CT molecular complexity index is 745. The van der Waals surface area contributed by atoms with Crippen LogP contribution in [0, 0.1) is 6.92 Å². The van der Waals surface area contributed by atoms with Gasteiger partial charge in [-0.15, -0.1) is 0 Å². The molecule has 0 aliphatic carbocycles. The van der Waals surface area contributed by atoms with E-state index >= 15 is 0 Å². The number of aromatic nitrogens is 3. The topological polar surface area (TPSA) is 79.1 Å². The lowest BCUT2D eigenvalue weighted by Crippen LogP contribution is -2.02. The SMILES string of the molecule is COc1cc(CCn2ccc(C)n2)cc2onc(N)c12. The van der Waals surface area contributed by atoms with Gasteiger partial charge in [0.25, 0.3) is 0 Å². The first-order chi connectivity index (χ1) is 9.67. The Balaban J connectivity index is 1.88. The summed E-state index contributed by atoms with van der Waals surface area (Å²) in [5.74, 6) is 1.04. The largest absolute Gasteiger partial charge is 0.496 e. The van der Waals surface area contributed by atoms with Gasteiger partial charge in [-0.25, -0.2) is 0 Å². The van der Waals surface area contributed by atoms with Gasteiger partial charge in [-0.1, -0.05) is 5.16 Å². The van der Waals surface area contributed by atoms with Gasteiger partial charge in [-0.3, -0.25) is 4.68 Å². The van der Waals surface area contributed by atoms with Gasteiger partial charge < -0.3 is 15.0 Å². The van der Waals surface area contributed by atoms with Crippen LogP contribution >= 0.6 is 0 Å². The van der Waals surface area contributed by atoms with Gasteiger partial charge in [-0.2, -0.15) is 5.10 Å². The summed E-state index contributed by atoms with van der Waals surface area (Å²) in [6, 6.07) is 5.89. The third kappa shape index (κ3) is 2.20. The zero-order valence-corrected chi connectivity index (χ0v) is 11.5. The van der Waals surface area contributed by atoms with Crippen LogP contribution in [0.15, 0.2) is 28.9 Å². The van der Waals surface area contributed by atoms with E-state index < -0.39 is 0 Å². The molecular weight excluding hydrogens is 256 g/mol. The summed E-state index contributed by atoms with van der Waals surface area (Å²) in [5.41, 5.74) is 8.53. The molecule has 1 aromatic carbocycles. The summed E-state index contributed by atoms with van der Waals surface area (Å²) in [6.45, 7) is 2.77. The monoisotopic (exact) mass is 272 g/mol. The van der Waals surface area contributed by atoms with Crippen molar-refractivity contribution in [3.8, 4) is 5.75 Å². The van der Waals surface area contributed by atoms with Gasteiger partial charge in [0.2, 0.25) is 0 Å². The highest BCUT2D eigenvalue weighted by atomic mass is 16.5. The van der Waals surface area contributed by atoms with Crippen molar-refractivity contribution >= 4 is 16.8 Å². The van der Waals surface area contributed by atoms with Crippen molar-refractivity contribution in [3.63, 3.8) is 0 Å². The van der Waals surface area contributed by atoms with Crippen LogP contribution in [-0.4, -0.2) is 22.0 Å². The molecule has 0 aliphatic heterocycles. The summed E-state index contributed by atoms with van der Waals surface area (Å²) in [4.78, 5) is 0. The van der Waals surface area contributed by atoms with Crippen molar-refractivity contribution in [2.45, 2.75) is 19.9 Å². The first-order valence-corrected chi connectivity index (χ1v) is 6.39. The van der Waals surface area contributed by atoms with Crippen molar-refractivity contribution in [2.75, 3.05) is 12.8 Å². The quantitative estimate of drug-likeness (QED) is 0.787. The standard InChI is InChI=1S/C14H16N4O2/c1-9-3-5-18(16-9)6-4-10-7-11(19-2)13-12(8-10)20-17-14(13)15/h3,5,7-8H,4,6H2,1-2H3,(H2,15,17). The highest BCUT2D eigenvalue weighted by molar-refractivity contribution is 5.93. The molecule has 6 nitrogen and oxygen atoms in total. The van der Waals surface area contributed by atoms with Crippen LogP contribution < -0.4 is 10.5 Å². The molecule has 0 aliphatic rings. The van der Waals surface area contributed by atoms with E-state index in [1.165, 1.54) is 0 Å². The number of hydrogen-bond donors (Lipinski definition) is 1. The highest BCUT2D eigenvalue weighted by Gasteiger charge is 2.13. The van der Waals surface area contributed by atoms with Gasteiger partial charge in [0.1, 0.15) is 11.1 Å². The van der Waals surface area contributed by atoms with Crippen LogP contribution in [0.3, 0.4) is 0 Å². The predicted octanol–water partition coefficient (Wildman–Crippen LogP) is 2.17. The number of nitrogen functional groups attached to an aromatic ring is 1. The van der Waals surface area contributed by atoms with E-state index in [9.17, 15) is 0 Å². The number of aryl methyl sites for hydroxylation is 3. The Morgan fingerprint density at radius 1 is 1.40 bits per heavy atom. The highest BCUT2D eigenvalue weighted by Crippen LogP contribution is 2.32. The molecule has 0 bridgehead atoms. The van der Waals surface area contributed by atoms with E-state index in [-0.39, 0.29) is 0 Å². The minimum atomic E-state index is 0.353. The molecule has 2 heterocycles. The first-order valence-electron chi connectivity index (χ1n) is 6.39. The van der Waals surface area contributed by atoms with Gasteiger partial charge in [0.05, 0.1) is 12.8 Å². The zero-order chi connectivity index (χ0) is 14.1. The lowest BCUT2D eigenvalue weighted by Gasteiger charge is -2.06. The van der Waals surface area contributed by atoms with Crippen molar-refractivity contribution in [3.05, 3.63) is 35.7 Å². The van der Waals surface area contributed by atoms with Gasteiger partial charge in [0, 0.05) is 12.7 Å². The summed E-state index contributed by atoms with van der Waals surface area (Å²) >= 11 is 0. The maximum atomic E-state index is 5.77. The number of hydrogen-bond acceptors (Lipinski definition) is 5. The van der Waals surface area contributed by atoms with Crippen LogP contribution in [0.5, 0.6) is 5.75 Å². The molecule has 0 saturated carbocycles. The average Bonchev–Trinajstić information content (AvgIpc) is 3.02. The van der Waals surface area contributed by atoms with Crippen LogP contribution in [0.1, 0.15) is 11.3 Å². The van der Waals surface area contributed by atoms with Crippen LogP contribution in [-0.2, 0) is 13.0 Å². The predicted molar refractivity (Wildman–Crippen MR) is 75.6 cm³/mol. The molecule has 0 amide bonds. The van der Waals surface area contributed by atoms with E-state index in [0.29, 0.717) is 17.2 Å². The lowest BCUT2D eigenvalue weighted by molar-refractivity contribution is 0.418. The molecule has 0 saturated heterocycles. The normalized spacial score (nSPS) is 11.1. The molecule has 3 rings (SSSR count). The van der Waals surface area contributed by atoms with Crippen LogP contribution in [0.25, 0.3) is 11.0 Å². The van der Waals surface area contributed by atoms with Gasteiger partial charge in [-0.05, 0) is 37.1 Å². The number of methoxy groups -OCH3 is 1. The van der Waals surface area contributed by atoms with E-state index in [2.05, 4.69) is 10.3 Å². The van der Waals surface area contributed by atoms with Crippen LogP contribution in [0.4, 0.5) is 5.82 Å². The lowest BCUT2D eigenvalue weighted by atomic mass is 10.1. The summed E-state index contributed by atoms with van der Waals surface area (Å²) in [7, 11) is 1.61. The number of nitrogens with zero attached hydrogens (tertiary/aromatic N) is 3. The van der Waals surface area contributed by atoms with Crippen LogP contribution in [0.2, 0.25) is 0 Å². The second-order valence-corrected chi connectivity index (χ2v) is 4.71. The molecule has 3 aromatic rings. The Labute approximate surface area is 116 Å². The van der Waals surface area contributed by atoms with Gasteiger partial charge >= 0.3 is 0 Å². The number of fused-ring (bicyclic) bond motifs is 1. The number of nitrogens with two attached hydrogens (primary N) is 1. The van der Waals surface area contributed by atoms with E-state index in [4.69, 9.17) is 15.0 Å².